The van der Waals surface area contributed by atoms with Crippen molar-refractivity contribution in [2.45, 2.75) is 6.04 Å². The van der Waals surface area contributed by atoms with E-state index in [1.807, 2.05) is 18.2 Å². The van der Waals surface area contributed by atoms with Gasteiger partial charge < -0.3 is 10.5 Å². The minimum atomic E-state index is -0.0325. The van der Waals surface area contributed by atoms with Crippen LogP contribution in [0.5, 0.6) is 0 Å². The Morgan fingerprint density at radius 1 is 1.46 bits per heavy atom. The molecule has 0 aliphatic carbocycles. The van der Waals surface area contributed by atoms with Crippen molar-refractivity contribution in [3.05, 3.63) is 30.1 Å². The number of hydrogen-bond donors (Lipinski definition) is 1. The third-order valence-corrected chi connectivity index (χ3v) is 1.88. The van der Waals surface area contributed by atoms with Crippen LogP contribution in [0.4, 0.5) is 0 Å². The minimum absolute atomic E-state index is 0.0325. The van der Waals surface area contributed by atoms with Crippen LogP contribution in [-0.4, -0.2) is 24.0 Å². The number of ether oxygens (including phenoxy) is 1. The zero-order valence-corrected chi connectivity index (χ0v) is 7.18. The van der Waals surface area contributed by atoms with Crippen LogP contribution < -0.4 is 5.73 Å². The summed E-state index contributed by atoms with van der Waals surface area (Å²) in [5, 5.41) is 0. The van der Waals surface area contributed by atoms with E-state index in [0.717, 1.165) is 5.69 Å². The van der Waals surface area contributed by atoms with Crippen molar-refractivity contribution >= 4 is 5.84 Å². The Kier molecular flexibility index (Phi) is 2.23. The van der Waals surface area contributed by atoms with E-state index in [-0.39, 0.29) is 6.04 Å². The Bertz CT molecular complexity index is 310. The van der Waals surface area contributed by atoms with Gasteiger partial charge in [0.05, 0.1) is 12.3 Å². The second-order valence-electron chi connectivity index (χ2n) is 2.91. The molecule has 1 aliphatic rings. The summed E-state index contributed by atoms with van der Waals surface area (Å²) < 4.78 is 5.25. The van der Waals surface area contributed by atoms with Crippen molar-refractivity contribution in [1.29, 1.82) is 0 Å². The maximum atomic E-state index is 5.56. The number of rotatable bonds is 1. The molecular formula is C9H11N3O. The van der Waals surface area contributed by atoms with Crippen LogP contribution >= 0.6 is 0 Å². The lowest BCUT2D eigenvalue weighted by Crippen LogP contribution is -2.27. The van der Waals surface area contributed by atoms with Gasteiger partial charge in [-0.05, 0) is 12.1 Å². The molecule has 68 valence electrons. The minimum Gasteiger partial charge on any atom is -0.386 e. The summed E-state index contributed by atoms with van der Waals surface area (Å²) in [4.78, 5) is 8.45. The molecule has 0 spiro atoms. The lowest BCUT2D eigenvalue weighted by atomic mass is 10.2. The molecule has 0 unspecified atom stereocenters. The molecule has 0 amide bonds. The highest BCUT2D eigenvalue weighted by Gasteiger charge is 2.16. The van der Waals surface area contributed by atoms with Gasteiger partial charge in [-0.2, -0.15) is 0 Å². The first-order valence-corrected chi connectivity index (χ1v) is 4.17. The largest absolute Gasteiger partial charge is 0.386 e. The maximum absolute atomic E-state index is 5.56. The van der Waals surface area contributed by atoms with Gasteiger partial charge in [0.1, 0.15) is 18.5 Å². The first-order chi connectivity index (χ1) is 6.36. The molecule has 4 heteroatoms. The molecule has 0 saturated carbocycles. The lowest BCUT2D eigenvalue weighted by molar-refractivity contribution is 0.142. The van der Waals surface area contributed by atoms with Crippen LogP contribution in [-0.2, 0) is 4.74 Å². The Balaban J connectivity index is 2.22. The number of hydrogen-bond acceptors (Lipinski definition) is 4. The fourth-order valence-electron chi connectivity index (χ4n) is 1.27. The summed E-state index contributed by atoms with van der Waals surface area (Å²) in [6.07, 6.45) is 1.75. The van der Waals surface area contributed by atoms with Crippen LogP contribution in [0.25, 0.3) is 0 Å². The highest BCUT2D eigenvalue weighted by Crippen LogP contribution is 2.17. The van der Waals surface area contributed by atoms with Crippen LogP contribution in [0.2, 0.25) is 0 Å². The molecule has 4 nitrogen and oxygen atoms in total. The standard InChI is InChI=1S/C9H11N3O/c10-9-6-13-5-8(12-9)7-3-1-2-4-11-7/h1-4,8H,5-6H2,(H2,10,12)/t8-/m0/s1. The molecule has 13 heavy (non-hydrogen) atoms. The zero-order valence-electron chi connectivity index (χ0n) is 7.18. The normalized spacial score (nSPS) is 22.5. The van der Waals surface area contributed by atoms with Gasteiger partial charge in [-0.3, -0.25) is 9.98 Å². The Morgan fingerprint density at radius 3 is 3.08 bits per heavy atom. The van der Waals surface area contributed by atoms with Crippen molar-refractivity contribution < 1.29 is 4.74 Å². The van der Waals surface area contributed by atoms with Gasteiger partial charge in [0.15, 0.2) is 0 Å². The predicted molar refractivity (Wildman–Crippen MR) is 49.4 cm³/mol. The summed E-state index contributed by atoms with van der Waals surface area (Å²) >= 11 is 0. The first-order valence-electron chi connectivity index (χ1n) is 4.17. The number of pyridine rings is 1. The SMILES string of the molecule is NC1=N[C@H](c2ccccn2)COC1. The fourth-order valence-corrected chi connectivity index (χ4v) is 1.27. The van der Waals surface area contributed by atoms with Crippen LogP contribution in [0, 0.1) is 0 Å². The van der Waals surface area contributed by atoms with Crippen molar-refractivity contribution in [2.24, 2.45) is 10.7 Å². The van der Waals surface area contributed by atoms with Crippen molar-refractivity contribution in [2.75, 3.05) is 13.2 Å². The van der Waals surface area contributed by atoms with Gasteiger partial charge in [-0.25, -0.2) is 0 Å². The molecule has 2 heterocycles. The van der Waals surface area contributed by atoms with Crippen LogP contribution in [0.3, 0.4) is 0 Å². The molecule has 2 N–H and O–H groups in total. The lowest BCUT2D eigenvalue weighted by Gasteiger charge is -2.18. The average molecular weight is 177 g/mol. The van der Waals surface area contributed by atoms with Gasteiger partial charge in [0, 0.05) is 6.20 Å². The predicted octanol–water partition coefficient (Wildman–Crippen LogP) is 0.510. The quantitative estimate of drug-likeness (QED) is 0.679. The highest BCUT2D eigenvalue weighted by atomic mass is 16.5. The monoisotopic (exact) mass is 177 g/mol. The van der Waals surface area contributed by atoms with Crippen molar-refractivity contribution in [3.63, 3.8) is 0 Å². The van der Waals surface area contributed by atoms with Crippen LogP contribution in [0.1, 0.15) is 11.7 Å². The van der Waals surface area contributed by atoms with Gasteiger partial charge in [-0.15, -0.1) is 0 Å². The number of aliphatic imine (C=N–C) groups is 1. The van der Waals surface area contributed by atoms with E-state index < -0.39 is 0 Å². The highest BCUT2D eigenvalue weighted by molar-refractivity contribution is 5.82. The van der Waals surface area contributed by atoms with E-state index in [0.29, 0.717) is 19.0 Å². The Hall–Kier alpha value is -1.42. The summed E-state index contributed by atoms with van der Waals surface area (Å²) in [5.74, 6) is 0.543. The van der Waals surface area contributed by atoms with Crippen molar-refractivity contribution in [3.8, 4) is 0 Å². The number of nitrogens with two attached hydrogens (primary N) is 1. The third-order valence-electron chi connectivity index (χ3n) is 1.88. The van der Waals surface area contributed by atoms with E-state index in [2.05, 4.69) is 9.98 Å². The second kappa shape index (κ2) is 3.53. The van der Waals surface area contributed by atoms with Gasteiger partial charge in [0.25, 0.3) is 0 Å². The van der Waals surface area contributed by atoms with E-state index in [1.165, 1.54) is 0 Å². The summed E-state index contributed by atoms with van der Waals surface area (Å²) in [7, 11) is 0. The smallest absolute Gasteiger partial charge is 0.121 e. The molecule has 2 rings (SSSR count). The molecule has 1 aromatic heterocycles. The second-order valence-corrected chi connectivity index (χ2v) is 2.91. The van der Waals surface area contributed by atoms with E-state index in [9.17, 15) is 0 Å². The Labute approximate surface area is 76.5 Å². The van der Waals surface area contributed by atoms with Gasteiger partial charge in [0.2, 0.25) is 0 Å². The number of nitrogens with zero attached hydrogens (tertiary/aromatic N) is 2. The summed E-state index contributed by atoms with van der Waals surface area (Å²) in [6.45, 7) is 1.00. The molecule has 1 aliphatic heterocycles. The molecule has 0 fully saturated rings. The summed E-state index contributed by atoms with van der Waals surface area (Å²) in [5.41, 5.74) is 6.47. The molecule has 0 aromatic carbocycles. The third kappa shape index (κ3) is 1.84. The van der Waals surface area contributed by atoms with E-state index in [1.54, 1.807) is 6.20 Å². The van der Waals surface area contributed by atoms with E-state index >= 15 is 0 Å². The molecular weight excluding hydrogens is 166 g/mol. The van der Waals surface area contributed by atoms with Gasteiger partial charge >= 0.3 is 0 Å². The van der Waals surface area contributed by atoms with Crippen molar-refractivity contribution in [1.82, 2.24) is 4.98 Å². The zero-order chi connectivity index (χ0) is 9.10. The molecule has 0 saturated heterocycles. The molecule has 1 atom stereocenters. The first kappa shape index (κ1) is 8.19. The van der Waals surface area contributed by atoms with Crippen LogP contribution in [0.15, 0.2) is 29.4 Å². The summed E-state index contributed by atoms with van der Waals surface area (Å²) in [6, 6.07) is 5.70. The molecule has 1 aromatic rings. The van der Waals surface area contributed by atoms with E-state index in [4.69, 9.17) is 10.5 Å². The fraction of sp³-hybridized carbons (Fsp3) is 0.333. The number of aromatic nitrogens is 1. The molecule has 0 bridgehead atoms. The van der Waals surface area contributed by atoms with Gasteiger partial charge in [-0.1, -0.05) is 6.07 Å². The Morgan fingerprint density at radius 2 is 2.38 bits per heavy atom. The average Bonchev–Trinajstić information content (AvgIpc) is 2.19. The maximum Gasteiger partial charge on any atom is 0.121 e. The topological polar surface area (TPSA) is 60.5 Å². The number of amidine groups is 1. The molecule has 0 radical (unpaired) electrons.